The number of carbonyl (C=O) groups is 1. The van der Waals surface area contributed by atoms with Gasteiger partial charge in [0.25, 0.3) is 0 Å². The van der Waals surface area contributed by atoms with Crippen LogP contribution in [0.1, 0.15) is 25.3 Å². The quantitative estimate of drug-likeness (QED) is 0.850. The highest BCUT2D eigenvalue weighted by atomic mass is 16.1. The van der Waals surface area contributed by atoms with Gasteiger partial charge in [-0.05, 0) is 49.9 Å². The molecule has 1 aromatic carbocycles. The molecule has 0 bridgehead atoms. The Labute approximate surface area is 114 Å². The first kappa shape index (κ1) is 12.3. The van der Waals surface area contributed by atoms with Gasteiger partial charge in [-0.1, -0.05) is 0 Å². The summed E-state index contributed by atoms with van der Waals surface area (Å²) in [6.45, 7) is 3.91. The van der Waals surface area contributed by atoms with Gasteiger partial charge in [-0.25, -0.2) is 0 Å². The topological polar surface area (TPSA) is 58.4 Å². The first-order valence-electron chi connectivity index (χ1n) is 7.07. The number of nitrogens with zero attached hydrogens (tertiary/aromatic N) is 1. The van der Waals surface area contributed by atoms with Crippen molar-refractivity contribution in [1.29, 1.82) is 0 Å². The lowest BCUT2D eigenvalue weighted by atomic mass is 9.98. The van der Waals surface area contributed by atoms with Gasteiger partial charge < -0.3 is 16.0 Å². The Balaban J connectivity index is 1.78. The summed E-state index contributed by atoms with van der Waals surface area (Å²) in [6, 6.07) is 7.13. The van der Waals surface area contributed by atoms with Crippen molar-refractivity contribution in [3.8, 4) is 0 Å². The molecule has 4 nitrogen and oxygen atoms in total. The SMILES string of the molecule is CC1CCc2cc(N3CCC(C(N)=O)C3)ccc2N1. The van der Waals surface area contributed by atoms with E-state index in [-0.39, 0.29) is 11.8 Å². The number of carbonyl (C=O) groups excluding carboxylic acids is 1. The molecular formula is C15H21N3O. The van der Waals surface area contributed by atoms with E-state index in [0.717, 1.165) is 25.9 Å². The Kier molecular flexibility index (Phi) is 3.09. The molecule has 4 heteroatoms. The minimum atomic E-state index is -0.170. The summed E-state index contributed by atoms with van der Waals surface area (Å²) in [5.41, 5.74) is 9.25. The van der Waals surface area contributed by atoms with E-state index in [0.29, 0.717) is 6.04 Å². The minimum absolute atomic E-state index is 0.00850. The molecule has 102 valence electrons. The number of anilines is 2. The summed E-state index contributed by atoms with van der Waals surface area (Å²) >= 11 is 0. The van der Waals surface area contributed by atoms with Crippen molar-refractivity contribution in [2.24, 2.45) is 11.7 Å². The first-order chi connectivity index (χ1) is 9.13. The van der Waals surface area contributed by atoms with Gasteiger partial charge in [0, 0.05) is 30.5 Å². The molecular weight excluding hydrogens is 238 g/mol. The molecule has 1 aromatic rings. The Bertz CT molecular complexity index is 500. The van der Waals surface area contributed by atoms with Crippen LogP contribution in [0.4, 0.5) is 11.4 Å². The van der Waals surface area contributed by atoms with Crippen molar-refractivity contribution in [2.45, 2.75) is 32.2 Å². The van der Waals surface area contributed by atoms with Crippen molar-refractivity contribution < 1.29 is 4.79 Å². The summed E-state index contributed by atoms with van der Waals surface area (Å²) in [5, 5.41) is 3.51. The van der Waals surface area contributed by atoms with Crippen LogP contribution >= 0.6 is 0 Å². The zero-order valence-corrected chi connectivity index (χ0v) is 11.4. The molecule has 19 heavy (non-hydrogen) atoms. The number of hydrogen-bond acceptors (Lipinski definition) is 3. The Morgan fingerprint density at radius 2 is 2.26 bits per heavy atom. The molecule has 2 atom stereocenters. The Hall–Kier alpha value is -1.71. The summed E-state index contributed by atoms with van der Waals surface area (Å²) < 4.78 is 0. The fourth-order valence-corrected chi connectivity index (χ4v) is 3.06. The zero-order valence-electron chi connectivity index (χ0n) is 11.4. The number of rotatable bonds is 2. The van der Waals surface area contributed by atoms with Gasteiger partial charge in [-0.3, -0.25) is 4.79 Å². The third-order valence-electron chi connectivity index (χ3n) is 4.29. The maximum Gasteiger partial charge on any atom is 0.222 e. The number of fused-ring (bicyclic) bond motifs is 1. The normalized spacial score (nSPS) is 25.8. The largest absolute Gasteiger partial charge is 0.382 e. The van der Waals surface area contributed by atoms with E-state index < -0.39 is 0 Å². The molecule has 2 aliphatic rings. The number of aryl methyl sites for hydroxylation is 1. The van der Waals surface area contributed by atoms with Gasteiger partial charge in [0.15, 0.2) is 0 Å². The predicted molar refractivity (Wildman–Crippen MR) is 77.4 cm³/mol. The van der Waals surface area contributed by atoms with E-state index in [1.54, 1.807) is 0 Å². The van der Waals surface area contributed by atoms with Crippen LogP contribution < -0.4 is 16.0 Å². The van der Waals surface area contributed by atoms with E-state index in [4.69, 9.17) is 5.73 Å². The van der Waals surface area contributed by atoms with E-state index in [1.807, 2.05) is 0 Å². The van der Waals surface area contributed by atoms with Gasteiger partial charge >= 0.3 is 0 Å². The molecule has 2 heterocycles. The molecule has 0 spiro atoms. The smallest absolute Gasteiger partial charge is 0.222 e. The van der Waals surface area contributed by atoms with Crippen LogP contribution in [0.3, 0.4) is 0 Å². The van der Waals surface area contributed by atoms with Crippen LogP contribution in [0.25, 0.3) is 0 Å². The molecule has 1 saturated heterocycles. The zero-order chi connectivity index (χ0) is 13.4. The van der Waals surface area contributed by atoms with Gasteiger partial charge in [0.2, 0.25) is 5.91 Å². The summed E-state index contributed by atoms with van der Waals surface area (Å²) in [4.78, 5) is 13.5. The average Bonchev–Trinajstić information content (AvgIpc) is 2.88. The lowest BCUT2D eigenvalue weighted by molar-refractivity contribution is -0.121. The summed E-state index contributed by atoms with van der Waals surface area (Å²) in [6.07, 6.45) is 3.19. The second kappa shape index (κ2) is 4.76. The van der Waals surface area contributed by atoms with Crippen molar-refractivity contribution >= 4 is 17.3 Å². The van der Waals surface area contributed by atoms with E-state index in [1.165, 1.54) is 23.4 Å². The van der Waals surface area contributed by atoms with Crippen LogP contribution in [0.15, 0.2) is 18.2 Å². The molecule has 0 radical (unpaired) electrons. The average molecular weight is 259 g/mol. The third kappa shape index (κ3) is 2.39. The second-order valence-corrected chi connectivity index (χ2v) is 5.76. The van der Waals surface area contributed by atoms with Crippen LogP contribution in [-0.2, 0) is 11.2 Å². The van der Waals surface area contributed by atoms with E-state index >= 15 is 0 Å². The maximum absolute atomic E-state index is 11.2. The molecule has 0 aliphatic carbocycles. The summed E-state index contributed by atoms with van der Waals surface area (Å²) in [7, 11) is 0. The number of hydrogen-bond donors (Lipinski definition) is 2. The lowest BCUT2D eigenvalue weighted by Gasteiger charge is -2.26. The fourth-order valence-electron chi connectivity index (χ4n) is 3.06. The van der Waals surface area contributed by atoms with Crippen LogP contribution in [0.2, 0.25) is 0 Å². The number of primary amides is 1. The minimum Gasteiger partial charge on any atom is -0.382 e. The Morgan fingerprint density at radius 1 is 1.42 bits per heavy atom. The van der Waals surface area contributed by atoms with E-state index in [2.05, 4.69) is 35.3 Å². The maximum atomic E-state index is 11.2. The number of nitrogens with one attached hydrogen (secondary N) is 1. The molecule has 0 saturated carbocycles. The highest BCUT2D eigenvalue weighted by Crippen LogP contribution is 2.31. The van der Waals surface area contributed by atoms with E-state index in [9.17, 15) is 4.79 Å². The molecule has 3 N–H and O–H groups in total. The monoisotopic (exact) mass is 259 g/mol. The first-order valence-corrected chi connectivity index (χ1v) is 7.07. The molecule has 0 aromatic heterocycles. The summed E-state index contributed by atoms with van der Waals surface area (Å²) in [5.74, 6) is -0.162. The third-order valence-corrected chi connectivity index (χ3v) is 4.29. The van der Waals surface area contributed by atoms with Crippen LogP contribution in [-0.4, -0.2) is 25.0 Å². The highest BCUT2D eigenvalue weighted by molar-refractivity contribution is 5.78. The lowest BCUT2D eigenvalue weighted by Crippen LogP contribution is -2.27. The number of amides is 1. The number of nitrogens with two attached hydrogens (primary N) is 1. The number of benzene rings is 1. The predicted octanol–water partition coefficient (Wildman–Crippen LogP) is 1.74. The van der Waals surface area contributed by atoms with Crippen molar-refractivity contribution in [3.63, 3.8) is 0 Å². The van der Waals surface area contributed by atoms with Crippen molar-refractivity contribution in [3.05, 3.63) is 23.8 Å². The van der Waals surface area contributed by atoms with Gasteiger partial charge in [-0.15, -0.1) is 0 Å². The van der Waals surface area contributed by atoms with Crippen molar-refractivity contribution in [2.75, 3.05) is 23.3 Å². The molecule has 1 amide bonds. The fraction of sp³-hybridized carbons (Fsp3) is 0.533. The molecule has 2 aliphatic heterocycles. The van der Waals surface area contributed by atoms with Crippen LogP contribution in [0, 0.1) is 5.92 Å². The molecule has 3 rings (SSSR count). The van der Waals surface area contributed by atoms with Gasteiger partial charge in [-0.2, -0.15) is 0 Å². The van der Waals surface area contributed by atoms with Crippen molar-refractivity contribution in [1.82, 2.24) is 0 Å². The second-order valence-electron chi connectivity index (χ2n) is 5.76. The highest BCUT2D eigenvalue weighted by Gasteiger charge is 2.27. The van der Waals surface area contributed by atoms with Crippen LogP contribution in [0.5, 0.6) is 0 Å². The van der Waals surface area contributed by atoms with Gasteiger partial charge in [0.05, 0.1) is 5.92 Å². The molecule has 1 fully saturated rings. The molecule has 2 unspecified atom stereocenters. The van der Waals surface area contributed by atoms with Gasteiger partial charge in [0.1, 0.15) is 0 Å². The standard InChI is InChI=1S/C15H21N3O/c1-10-2-3-11-8-13(4-5-14(11)17-10)18-7-6-12(9-18)15(16)19/h4-5,8,10,12,17H,2-3,6-7,9H2,1H3,(H2,16,19). The Morgan fingerprint density at radius 3 is 3.00 bits per heavy atom.